The van der Waals surface area contributed by atoms with Crippen molar-refractivity contribution in [3.63, 3.8) is 0 Å². The Morgan fingerprint density at radius 2 is 2.28 bits per heavy atom. The fourth-order valence-corrected chi connectivity index (χ4v) is 2.03. The Kier molecular flexibility index (Phi) is 3.67. The first-order valence-corrected chi connectivity index (χ1v) is 6.05. The third kappa shape index (κ3) is 2.38. The van der Waals surface area contributed by atoms with Crippen molar-refractivity contribution in [3.05, 3.63) is 41.2 Å². The van der Waals surface area contributed by atoms with Crippen LogP contribution in [0.25, 0.3) is 11.4 Å². The molecule has 0 bridgehead atoms. The summed E-state index contributed by atoms with van der Waals surface area (Å²) >= 11 is 5.94. The highest BCUT2D eigenvalue weighted by molar-refractivity contribution is 6.31. The Labute approximate surface area is 110 Å². The maximum absolute atomic E-state index is 11.2. The van der Waals surface area contributed by atoms with Crippen LogP contribution >= 0.6 is 11.6 Å². The Morgan fingerprint density at radius 1 is 1.50 bits per heavy atom. The number of aromatic carboxylic acids is 1. The molecular formula is C13H13ClN2O2. The lowest BCUT2D eigenvalue weighted by molar-refractivity contribution is 0.0697. The minimum atomic E-state index is -0.979. The number of hydrogen-bond donors (Lipinski definition) is 1. The Hall–Kier alpha value is -1.81. The molecule has 1 heterocycles. The van der Waals surface area contributed by atoms with Crippen LogP contribution in [-0.4, -0.2) is 20.6 Å². The summed E-state index contributed by atoms with van der Waals surface area (Å²) in [4.78, 5) is 15.4. The summed E-state index contributed by atoms with van der Waals surface area (Å²) in [5.74, 6) is -0.343. The summed E-state index contributed by atoms with van der Waals surface area (Å²) in [5, 5.41) is 9.70. The van der Waals surface area contributed by atoms with Crippen molar-refractivity contribution in [2.75, 3.05) is 0 Å². The van der Waals surface area contributed by atoms with Gasteiger partial charge in [0.2, 0.25) is 0 Å². The van der Waals surface area contributed by atoms with Crippen LogP contribution in [0.15, 0.2) is 30.6 Å². The van der Waals surface area contributed by atoms with E-state index in [0.29, 0.717) is 16.4 Å². The zero-order valence-electron chi connectivity index (χ0n) is 9.93. The predicted octanol–water partition coefficient (Wildman–Crippen LogP) is 3.31. The molecule has 2 rings (SSSR count). The number of rotatable bonds is 4. The van der Waals surface area contributed by atoms with Crippen LogP contribution < -0.4 is 0 Å². The maximum Gasteiger partial charge on any atom is 0.336 e. The van der Waals surface area contributed by atoms with E-state index in [9.17, 15) is 9.90 Å². The van der Waals surface area contributed by atoms with Crippen LogP contribution in [0.1, 0.15) is 23.7 Å². The Bertz CT molecular complexity index is 578. The van der Waals surface area contributed by atoms with E-state index in [1.807, 2.05) is 10.8 Å². The van der Waals surface area contributed by atoms with Crippen molar-refractivity contribution in [2.45, 2.75) is 19.9 Å². The van der Waals surface area contributed by atoms with E-state index in [1.165, 1.54) is 6.07 Å². The summed E-state index contributed by atoms with van der Waals surface area (Å²) in [5.41, 5.74) is 0.761. The van der Waals surface area contributed by atoms with Crippen LogP contribution in [0.3, 0.4) is 0 Å². The Balaban J connectivity index is 2.58. The minimum Gasteiger partial charge on any atom is -0.478 e. The fourth-order valence-electron chi connectivity index (χ4n) is 1.86. The number of hydrogen-bond acceptors (Lipinski definition) is 2. The number of nitrogens with zero attached hydrogens (tertiary/aromatic N) is 2. The second-order valence-electron chi connectivity index (χ2n) is 3.94. The molecule has 0 fully saturated rings. The summed E-state index contributed by atoms with van der Waals surface area (Å²) in [6, 6.07) is 4.71. The average molecular weight is 265 g/mol. The highest BCUT2D eigenvalue weighted by Gasteiger charge is 2.15. The summed E-state index contributed by atoms with van der Waals surface area (Å²) in [6.07, 6.45) is 4.45. The SMILES string of the molecule is CCCn1ccnc1-c1cc(Cl)ccc1C(=O)O. The van der Waals surface area contributed by atoms with Crippen LogP contribution in [0.4, 0.5) is 0 Å². The van der Waals surface area contributed by atoms with Crippen molar-refractivity contribution in [3.8, 4) is 11.4 Å². The van der Waals surface area contributed by atoms with Gasteiger partial charge in [-0.05, 0) is 24.6 Å². The van der Waals surface area contributed by atoms with Gasteiger partial charge in [-0.2, -0.15) is 0 Å². The van der Waals surface area contributed by atoms with E-state index in [0.717, 1.165) is 13.0 Å². The van der Waals surface area contributed by atoms with Gasteiger partial charge in [0.05, 0.1) is 5.56 Å². The molecule has 1 aromatic heterocycles. The molecule has 1 aromatic carbocycles. The lowest BCUT2D eigenvalue weighted by Gasteiger charge is -2.09. The molecule has 2 aromatic rings. The van der Waals surface area contributed by atoms with Gasteiger partial charge in [0.15, 0.2) is 0 Å². The number of carbonyl (C=O) groups is 1. The molecule has 4 nitrogen and oxygen atoms in total. The first-order chi connectivity index (χ1) is 8.63. The number of halogens is 1. The molecule has 0 atom stereocenters. The van der Waals surface area contributed by atoms with Gasteiger partial charge in [-0.25, -0.2) is 9.78 Å². The molecule has 5 heteroatoms. The molecule has 0 saturated heterocycles. The zero-order valence-corrected chi connectivity index (χ0v) is 10.7. The van der Waals surface area contributed by atoms with Gasteiger partial charge in [-0.1, -0.05) is 18.5 Å². The van der Waals surface area contributed by atoms with Crippen molar-refractivity contribution >= 4 is 17.6 Å². The molecule has 1 N–H and O–H groups in total. The van der Waals surface area contributed by atoms with E-state index in [-0.39, 0.29) is 5.56 Å². The van der Waals surface area contributed by atoms with E-state index in [2.05, 4.69) is 11.9 Å². The lowest BCUT2D eigenvalue weighted by Crippen LogP contribution is -2.04. The third-order valence-corrected chi connectivity index (χ3v) is 2.87. The molecular weight excluding hydrogens is 252 g/mol. The number of benzene rings is 1. The quantitative estimate of drug-likeness (QED) is 0.922. The maximum atomic E-state index is 11.2. The van der Waals surface area contributed by atoms with Crippen LogP contribution in [0.2, 0.25) is 5.02 Å². The molecule has 0 aliphatic heterocycles. The lowest BCUT2D eigenvalue weighted by atomic mass is 10.1. The smallest absolute Gasteiger partial charge is 0.336 e. The molecule has 0 aliphatic carbocycles. The van der Waals surface area contributed by atoms with Crippen LogP contribution in [0.5, 0.6) is 0 Å². The van der Waals surface area contributed by atoms with Gasteiger partial charge in [0, 0.05) is 29.5 Å². The topological polar surface area (TPSA) is 55.1 Å². The standard InChI is InChI=1S/C13H13ClN2O2/c1-2-6-16-7-5-15-12(16)11-8-9(14)3-4-10(11)13(17)18/h3-5,7-8H,2,6H2,1H3,(H,17,18). The van der Waals surface area contributed by atoms with Gasteiger partial charge in [-0.3, -0.25) is 0 Å². The molecule has 94 valence electrons. The highest BCUT2D eigenvalue weighted by Crippen LogP contribution is 2.26. The molecule has 18 heavy (non-hydrogen) atoms. The fraction of sp³-hybridized carbons (Fsp3) is 0.231. The Morgan fingerprint density at radius 3 is 2.94 bits per heavy atom. The van der Waals surface area contributed by atoms with E-state index in [1.54, 1.807) is 18.3 Å². The second-order valence-corrected chi connectivity index (χ2v) is 4.38. The van der Waals surface area contributed by atoms with Gasteiger partial charge in [-0.15, -0.1) is 0 Å². The number of aromatic nitrogens is 2. The second kappa shape index (κ2) is 5.23. The predicted molar refractivity (Wildman–Crippen MR) is 69.9 cm³/mol. The summed E-state index contributed by atoms with van der Waals surface area (Å²) in [6.45, 7) is 2.85. The molecule has 0 saturated carbocycles. The van der Waals surface area contributed by atoms with Gasteiger partial charge in [0.25, 0.3) is 0 Å². The zero-order chi connectivity index (χ0) is 13.1. The number of imidazole rings is 1. The van der Waals surface area contributed by atoms with Gasteiger partial charge < -0.3 is 9.67 Å². The molecule has 0 radical (unpaired) electrons. The number of carboxylic acid groups (broad SMARTS) is 1. The van der Waals surface area contributed by atoms with Crippen molar-refractivity contribution in [1.82, 2.24) is 9.55 Å². The van der Waals surface area contributed by atoms with E-state index in [4.69, 9.17) is 11.6 Å². The summed E-state index contributed by atoms with van der Waals surface area (Å²) in [7, 11) is 0. The van der Waals surface area contributed by atoms with Crippen LogP contribution in [-0.2, 0) is 6.54 Å². The minimum absolute atomic E-state index is 0.211. The van der Waals surface area contributed by atoms with E-state index < -0.39 is 5.97 Å². The number of aryl methyl sites for hydroxylation is 1. The highest BCUT2D eigenvalue weighted by atomic mass is 35.5. The normalized spacial score (nSPS) is 10.6. The summed E-state index contributed by atoms with van der Waals surface area (Å²) < 4.78 is 1.93. The number of carboxylic acids is 1. The van der Waals surface area contributed by atoms with Crippen LogP contribution in [0, 0.1) is 0 Å². The third-order valence-electron chi connectivity index (χ3n) is 2.63. The first-order valence-electron chi connectivity index (χ1n) is 5.68. The molecule has 0 aliphatic rings. The molecule has 0 amide bonds. The van der Waals surface area contributed by atoms with Crippen molar-refractivity contribution < 1.29 is 9.90 Å². The first kappa shape index (κ1) is 12.6. The monoisotopic (exact) mass is 264 g/mol. The molecule has 0 spiro atoms. The van der Waals surface area contributed by atoms with Crippen molar-refractivity contribution in [1.29, 1.82) is 0 Å². The molecule has 0 unspecified atom stereocenters. The average Bonchev–Trinajstić information content (AvgIpc) is 2.77. The van der Waals surface area contributed by atoms with Crippen molar-refractivity contribution in [2.24, 2.45) is 0 Å². The van der Waals surface area contributed by atoms with Gasteiger partial charge in [0.1, 0.15) is 5.82 Å². The largest absolute Gasteiger partial charge is 0.478 e. The van der Waals surface area contributed by atoms with E-state index >= 15 is 0 Å². The van der Waals surface area contributed by atoms with Gasteiger partial charge >= 0.3 is 5.97 Å².